The van der Waals surface area contributed by atoms with E-state index < -0.39 is 6.10 Å². The maximum absolute atomic E-state index is 12.4. The Bertz CT molecular complexity index is 659. The molecule has 2 aromatic carbocycles. The lowest BCUT2D eigenvalue weighted by atomic mass is 10.1. The molecule has 1 heterocycles. The van der Waals surface area contributed by atoms with E-state index in [2.05, 4.69) is 5.32 Å². The molecule has 0 aromatic heterocycles. The average Bonchev–Trinajstić information content (AvgIpc) is 3.11. The second kappa shape index (κ2) is 7.47. The van der Waals surface area contributed by atoms with Gasteiger partial charge in [-0.15, -0.1) is 0 Å². The van der Waals surface area contributed by atoms with E-state index in [1.807, 2.05) is 49.4 Å². The summed E-state index contributed by atoms with van der Waals surface area (Å²) in [5, 5.41) is 5.09. The second-order valence-electron chi connectivity index (χ2n) is 5.87. The Balaban J connectivity index is 1.66. The molecule has 23 heavy (non-hydrogen) atoms. The van der Waals surface area contributed by atoms with Crippen LogP contribution in [0.5, 0.6) is 5.75 Å². The van der Waals surface area contributed by atoms with Crippen molar-refractivity contribution < 1.29 is 14.3 Å². The van der Waals surface area contributed by atoms with Crippen molar-refractivity contribution in [3.63, 3.8) is 0 Å². The monoisotopic (exact) mass is 313 g/mol. The molecular weight excluding hydrogens is 290 g/mol. The average molecular weight is 313 g/mol. The van der Waals surface area contributed by atoms with E-state index in [0.29, 0.717) is 13.0 Å². The molecule has 1 fully saturated rings. The third-order valence-corrected chi connectivity index (χ3v) is 4.21. The van der Waals surface area contributed by atoms with Crippen LogP contribution in [0.15, 0.2) is 42.5 Å². The van der Waals surface area contributed by atoms with Gasteiger partial charge in [0.1, 0.15) is 5.75 Å². The van der Waals surface area contributed by atoms with Crippen molar-refractivity contribution in [1.29, 1.82) is 0 Å². The highest BCUT2D eigenvalue weighted by Crippen LogP contribution is 2.26. The zero-order chi connectivity index (χ0) is 16.1. The van der Waals surface area contributed by atoms with Crippen molar-refractivity contribution in [1.82, 2.24) is 5.32 Å². The van der Waals surface area contributed by atoms with Crippen molar-refractivity contribution >= 4 is 16.7 Å². The molecule has 3 rings (SSSR count). The fourth-order valence-corrected chi connectivity index (χ4v) is 2.91. The number of carbonyl (C=O) groups excluding carboxylic acids is 1. The third-order valence-electron chi connectivity index (χ3n) is 4.21. The van der Waals surface area contributed by atoms with Gasteiger partial charge >= 0.3 is 0 Å². The minimum Gasteiger partial charge on any atom is -0.480 e. The minimum absolute atomic E-state index is 0.0732. The first-order chi connectivity index (χ1) is 11.3. The Kier molecular flexibility index (Phi) is 5.13. The molecule has 2 aromatic rings. The first-order valence-electron chi connectivity index (χ1n) is 8.31. The number of fused-ring (bicyclic) bond motifs is 1. The summed E-state index contributed by atoms with van der Waals surface area (Å²) >= 11 is 0. The first kappa shape index (κ1) is 15.8. The molecule has 0 aliphatic carbocycles. The second-order valence-corrected chi connectivity index (χ2v) is 5.87. The van der Waals surface area contributed by atoms with Crippen molar-refractivity contribution in [2.45, 2.75) is 38.4 Å². The summed E-state index contributed by atoms with van der Waals surface area (Å²) in [6.45, 7) is 3.32. The largest absolute Gasteiger partial charge is 0.480 e. The Morgan fingerprint density at radius 3 is 2.91 bits per heavy atom. The van der Waals surface area contributed by atoms with E-state index >= 15 is 0 Å². The summed E-state index contributed by atoms with van der Waals surface area (Å²) in [5.41, 5.74) is 0. The standard InChI is InChI=1S/C19H23NO3/c1-2-17(19(21)20-13-15-9-6-12-22-15)23-18-11-5-8-14-7-3-4-10-16(14)18/h3-5,7-8,10-11,15,17H,2,6,9,12-13H2,1H3,(H,20,21)/t15-,17-/m1/s1. The smallest absolute Gasteiger partial charge is 0.261 e. The van der Waals surface area contributed by atoms with Crippen molar-refractivity contribution in [3.8, 4) is 5.75 Å². The minimum atomic E-state index is -0.484. The maximum Gasteiger partial charge on any atom is 0.261 e. The molecule has 4 heteroatoms. The highest BCUT2D eigenvalue weighted by atomic mass is 16.5. The predicted molar refractivity (Wildman–Crippen MR) is 90.6 cm³/mol. The normalized spacial score (nSPS) is 18.7. The number of nitrogens with one attached hydrogen (secondary N) is 1. The van der Waals surface area contributed by atoms with E-state index in [1.54, 1.807) is 0 Å². The number of hydrogen-bond donors (Lipinski definition) is 1. The molecule has 1 N–H and O–H groups in total. The zero-order valence-electron chi connectivity index (χ0n) is 13.5. The molecule has 0 saturated carbocycles. The molecule has 0 spiro atoms. The number of carbonyl (C=O) groups is 1. The zero-order valence-corrected chi connectivity index (χ0v) is 13.5. The Morgan fingerprint density at radius 2 is 2.13 bits per heavy atom. The van der Waals surface area contributed by atoms with Gasteiger partial charge in [0.15, 0.2) is 6.10 Å². The number of amides is 1. The summed E-state index contributed by atoms with van der Waals surface area (Å²) < 4.78 is 11.5. The molecule has 0 unspecified atom stereocenters. The molecule has 0 bridgehead atoms. The first-order valence-corrected chi connectivity index (χ1v) is 8.31. The topological polar surface area (TPSA) is 47.6 Å². The van der Waals surface area contributed by atoms with Gasteiger partial charge in [-0.3, -0.25) is 4.79 Å². The van der Waals surface area contributed by atoms with E-state index in [4.69, 9.17) is 9.47 Å². The highest BCUT2D eigenvalue weighted by molar-refractivity contribution is 5.89. The third kappa shape index (κ3) is 3.82. The van der Waals surface area contributed by atoms with Gasteiger partial charge in [-0.05, 0) is 30.7 Å². The van der Waals surface area contributed by atoms with Crippen molar-refractivity contribution in [2.24, 2.45) is 0 Å². The molecule has 122 valence electrons. The van der Waals surface area contributed by atoms with Gasteiger partial charge in [-0.1, -0.05) is 43.3 Å². The summed E-state index contributed by atoms with van der Waals surface area (Å²) in [7, 11) is 0. The Labute approximate surface area is 136 Å². The lowest BCUT2D eigenvalue weighted by Crippen LogP contribution is -2.41. The molecule has 4 nitrogen and oxygen atoms in total. The summed E-state index contributed by atoms with van der Waals surface area (Å²) in [6, 6.07) is 13.9. The number of hydrogen-bond acceptors (Lipinski definition) is 3. The quantitative estimate of drug-likeness (QED) is 0.890. The SMILES string of the molecule is CC[C@@H](Oc1cccc2ccccc12)C(=O)NC[C@H]1CCCO1. The molecule has 2 atom stereocenters. The number of ether oxygens (including phenoxy) is 2. The molecule has 0 radical (unpaired) electrons. The fraction of sp³-hybridized carbons (Fsp3) is 0.421. The summed E-state index contributed by atoms with van der Waals surface area (Å²) in [5.74, 6) is 0.679. The maximum atomic E-state index is 12.4. The van der Waals surface area contributed by atoms with Crippen molar-refractivity contribution in [3.05, 3.63) is 42.5 Å². The van der Waals surface area contributed by atoms with Crippen LogP contribution < -0.4 is 10.1 Å². The van der Waals surface area contributed by atoms with Gasteiger partial charge in [0.2, 0.25) is 0 Å². The van der Waals surface area contributed by atoms with Crippen LogP contribution in [-0.2, 0) is 9.53 Å². The lowest BCUT2D eigenvalue weighted by molar-refractivity contribution is -0.128. The lowest BCUT2D eigenvalue weighted by Gasteiger charge is -2.19. The molecule has 1 amide bonds. The van der Waals surface area contributed by atoms with Gasteiger partial charge in [-0.2, -0.15) is 0 Å². The van der Waals surface area contributed by atoms with Gasteiger partial charge in [0.25, 0.3) is 5.91 Å². The molecule has 1 aliphatic heterocycles. The van der Waals surface area contributed by atoms with Crippen LogP contribution in [-0.4, -0.2) is 31.3 Å². The van der Waals surface area contributed by atoms with Crippen LogP contribution in [0.4, 0.5) is 0 Å². The molecule has 1 aliphatic rings. The Hall–Kier alpha value is -2.07. The Morgan fingerprint density at radius 1 is 1.30 bits per heavy atom. The van der Waals surface area contributed by atoms with Crippen LogP contribution in [0.2, 0.25) is 0 Å². The molecular formula is C19H23NO3. The van der Waals surface area contributed by atoms with Gasteiger partial charge in [-0.25, -0.2) is 0 Å². The van der Waals surface area contributed by atoms with Gasteiger partial charge < -0.3 is 14.8 Å². The fourth-order valence-electron chi connectivity index (χ4n) is 2.91. The number of benzene rings is 2. The van der Waals surface area contributed by atoms with E-state index in [-0.39, 0.29) is 12.0 Å². The van der Waals surface area contributed by atoms with E-state index in [9.17, 15) is 4.79 Å². The number of rotatable bonds is 6. The summed E-state index contributed by atoms with van der Waals surface area (Å²) in [4.78, 5) is 12.4. The van der Waals surface area contributed by atoms with Crippen LogP contribution in [0.25, 0.3) is 10.8 Å². The van der Waals surface area contributed by atoms with Crippen LogP contribution in [0.1, 0.15) is 26.2 Å². The van der Waals surface area contributed by atoms with Crippen LogP contribution >= 0.6 is 0 Å². The highest BCUT2D eigenvalue weighted by Gasteiger charge is 2.22. The van der Waals surface area contributed by atoms with Crippen LogP contribution in [0, 0.1) is 0 Å². The molecule has 1 saturated heterocycles. The van der Waals surface area contributed by atoms with E-state index in [0.717, 1.165) is 36.0 Å². The van der Waals surface area contributed by atoms with Gasteiger partial charge in [0.05, 0.1) is 6.10 Å². The van der Waals surface area contributed by atoms with Gasteiger partial charge in [0, 0.05) is 18.5 Å². The van der Waals surface area contributed by atoms with E-state index in [1.165, 1.54) is 0 Å². The summed E-state index contributed by atoms with van der Waals surface area (Å²) in [6.07, 6.45) is 2.38. The predicted octanol–water partition coefficient (Wildman–Crippen LogP) is 3.29. The van der Waals surface area contributed by atoms with Crippen molar-refractivity contribution in [2.75, 3.05) is 13.2 Å². The van der Waals surface area contributed by atoms with Crippen LogP contribution in [0.3, 0.4) is 0 Å².